The lowest BCUT2D eigenvalue weighted by Gasteiger charge is -2.27. The average molecular weight is 264 g/mol. The Morgan fingerprint density at radius 3 is 2.21 bits per heavy atom. The second kappa shape index (κ2) is 5.35. The molecule has 1 atom stereocenters. The highest BCUT2D eigenvalue weighted by molar-refractivity contribution is 5.45. The van der Waals surface area contributed by atoms with Crippen molar-refractivity contribution in [1.29, 1.82) is 0 Å². The molecule has 3 N–H and O–H groups in total. The van der Waals surface area contributed by atoms with Gasteiger partial charge in [-0.2, -0.15) is 0 Å². The molecule has 1 heterocycles. The highest BCUT2D eigenvalue weighted by Crippen LogP contribution is 2.26. The van der Waals surface area contributed by atoms with Crippen molar-refractivity contribution in [2.45, 2.75) is 53.9 Å². The predicted molar refractivity (Wildman–Crippen MR) is 82.3 cm³/mol. The van der Waals surface area contributed by atoms with Gasteiger partial charge in [-0.1, -0.05) is 48.5 Å². The molecule has 1 aromatic rings. The van der Waals surface area contributed by atoms with Crippen molar-refractivity contribution < 1.29 is 0 Å². The fraction of sp³-hybridized carbons (Fsp3) is 0.733. The highest BCUT2D eigenvalue weighted by atomic mass is 15.1. The largest absolute Gasteiger partial charge is 0.384 e. The molecule has 4 heteroatoms. The summed E-state index contributed by atoms with van der Waals surface area (Å²) in [5.41, 5.74) is 6.04. The topological polar surface area (TPSA) is 63.8 Å². The van der Waals surface area contributed by atoms with Crippen molar-refractivity contribution in [2.24, 2.45) is 11.3 Å². The summed E-state index contributed by atoms with van der Waals surface area (Å²) in [6.45, 7) is 16.1. The van der Waals surface area contributed by atoms with E-state index in [1.54, 1.807) is 6.07 Å². The quantitative estimate of drug-likeness (QED) is 0.877. The molecular weight excluding hydrogens is 236 g/mol. The number of nitrogens with one attached hydrogen (secondary N) is 1. The minimum absolute atomic E-state index is 0.0958. The van der Waals surface area contributed by atoms with E-state index in [4.69, 9.17) is 5.73 Å². The van der Waals surface area contributed by atoms with Crippen LogP contribution in [0.15, 0.2) is 6.07 Å². The third kappa shape index (κ3) is 4.69. The third-order valence-corrected chi connectivity index (χ3v) is 3.48. The van der Waals surface area contributed by atoms with Crippen LogP contribution in [0.3, 0.4) is 0 Å². The zero-order chi connectivity index (χ0) is 14.8. The maximum absolute atomic E-state index is 5.86. The molecule has 4 nitrogen and oxygen atoms in total. The summed E-state index contributed by atoms with van der Waals surface area (Å²) in [6.07, 6.45) is 0. The summed E-state index contributed by atoms with van der Waals surface area (Å²) in [6, 6.07) is 1.80. The second-order valence-corrected chi connectivity index (χ2v) is 7.40. The Balaban J connectivity index is 2.83. The Morgan fingerprint density at radius 1 is 1.16 bits per heavy atom. The SMILES string of the molecule is CC(CNc1cc(N)nc(C(C)(C)C)n1)C(C)(C)C. The van der Waals surface area contributed by atoms with Crippen LogP contribution in [-0.2, 0) is 5.41 Å². The summed E-state index contributed by atoms with van der Waals surface area (Å²) in [4.78, 5) is 8.86. The van der Waals surface area contributed by atoms with Crippen LogP contribution >= 0.6 is 0 Å². The lowest BCUT2D eigenvalue weighted by atomic mass is 9.82. The Hall–Kier alpha value is -1.32. The van der Waals surface area contributed by atoms with Crippen LogP contribution in [0, 0.1) is 11.3 Å². The third-order valence-electron chi connectivity index (χ3n) is 3.48. The van der Waals surface area contributed by atoms with Gasteiger partial charge in [-0.25, -0.2) is 9.97 Å². The Kier molecular flexibility index (Phi) is 4.43. The van der Waals surface area contributed by atoms with Gasteiger partial charge in [0.05, 0.1) is 0 Å². The number of rotatable bonds is 3. The van der Waals surface area contributed by atoms with Gasteiger partial charge in [-0.3, -0.25) is 0 Å². The lowest BCUT2D eigenvalue weighted by Crippen LogP contribution is -2.26. The van der Waals surface area contributed by atoms with Crippen LogP contribution in [0.25, 0.3) is 0 Å². The maximum Gasteiger partial charge on any atom is 0.138 e. The van der Waals surface area contributed by atoms with Gasteiger partial charge in [0.1, 0.15) is 17.5 Å². The molecule has 1 aromatic heterocycles. The summed E-state index contributed by atoms with van der Waals surface area (Å²) in [5.74, 6) is 2.65. The van der Waals surface area contributed by atoms with E-state index in [0.29, 0.717) is 11.7 Å². The first-order valence-corrected chi connectivity index (χ1v) is 6.89. The van der Waals surface area contributed by atoms with E-state index in [1.807, 2.05) is 0 Å². The molecule has 1 unspecified atom stereocenters. The number of nitrogen functional groups attached to an aromatic ring is 1. The van der Waals surface area contributed by atoms with E-state index >= 15 is 0 Å². The molecule has 0 saturated carbocycles. The van der Waals surface area contributed by atoms with Crippen LogP contribution in [0.5, 0.6) is 0 Å². The van der Waals surface area contributed by atoms with Crippen molar-refractivity contribution >= 4 is 11.6 Å². The fourth-order valence-corrected chi connectivity index (χ4v) is 1.46. The van der Waals surface area contributed by atoms with Gasteiger partial charge < -0.3 is 11.1 Å². The van der Waals surface area contributed by atoms with Crippen molar-refractivity contribution in [3.8, 4) is 0 Å². The summed E-state index contributed by atoms with van der Waals surface area (Å²) < 4.78 is 0. The Morgan fingerprint density at radius 2 is 1.74 bits per heavy atom. The number of hydrogen-bond acceptors (Lipinski definition) is 4. The summed E-state index contributed by atoms with van der Waals surface area (Å²) in [5, 5.41) is 3.37. The molecule has 0 aliphatic heterocycles. The van der Waals surface area contributed by atoms with Gasteiger partial charge in [-0.05, 0) is 11.3 Å². The predicted octanol–water partition coefficient (Wildman–Crippen LogP) is 3.45. The molecule has 0 bridgehead atoms. The molecule has 0 aliphatic carbocycles. The summed E-state index contributed by atoms with van der Waals surface area (Å²) >= 11 is 0. The molecule has 0 saturated heterocycles. The van der Waals surface area contributed by atoms with Crippen LogP contribution < -0.4 is 11.1 Å². The van der Waals surface area contributed by atoms with Crippen molar-refractivity contribution in [3.63, 3.8) is 0 Å². The first-order valence-electron chi connectivity index (χ1n) is 6.89. The standard InChI is InChI=1S/C15H28N4/c1-10(14(2,3)4)9-17-12-8-11(16)18-13(19-12)15(5,6)7/h8,10H,9H2,1-7H3,(H3,16,17,18,19). The number of aromatic nitrogens is 2. The normalized spacial score (nSPS) is 14.3. The zero-order valence-electron chi connectivity index (χ0n) is 13.3. The van der Waals surface area contributed by atoms with E-state index in [2.05, 4.69) is 63.8 Å². The first kappa shape index (κ1) is 15.7. The lowest BCUT2D eigenvalue weighted by molar-refractivity contribution is 0.274. The molecule has 0 aromatic carbocycles. The van der Waals surface area contributed by atoms with Gasteiger partial charge >= 0.3 is 0 Å². The number of hydrogen-bond donors (Lipinski definition) is 2. The Bertz CT molecular complexity index is 427. The molecule has 0 amide bonds. The van der Waals surface area contributed by atoms with Gasteiger partial charge in [0.2, 0.25) is 0 Å². The van der Waals surface area contributed by atoms with E-state index in [-0.39, 0.29) is 10.8 Å². The minimum atomic E-state index is -0.0958. The minimum Gasteiger partial charge on any atom is -0.384 e. The fourth-order valence-electron chi connectivity index (χ4n) is 1.46. The molecule has 0 fully saturated rings. The summed E-state index contributed by atoms with van der Waals surface area (Å²) in [7, 11) is 0. The number of nitrogens with zero attached hydrogens (tertiary/aromatic N) is 2. The molecule has 19 heavy (non-hydrogen) atoms. The van der Waals surface area contributed by atoms with Gasteiger partial charge in [-0.15, -0.1) is 0 Å². The van der Waals surface area contributed by atoms with Gasteiger partial charge in [0.25, 0.3) is 0 Å². The number of anilines is 2. The second-order valence-electron chi connectivity index (χ2n) is 7.40. The van der Waals surface area contributed by atoms with Crippen molar-refractivity contribution in [2.75, 3.05) is 17.6 Å². The first-order chi connectivity index (χ1) is 8.50. The van der Waals surface area contributed by atoms with Crippen LogP contribution in [0.2, 0.25) is 0 Å². The Labute approximate surface area is 117 Å². The molecule has 108 valence electrons. The van der Waals surface area contributed by atoms with Crippen molar-refractivity contribution in [3.05, 3.63) is 11.9 Å². The van der Waals surface area contributed by atoms with Gasteiger partial charge in [0.15, 0.2) is 0 Å². The van der Waals surface area contributed by atoms with E-state index in [9.17, 15) is 0 Å². The highest BCUT2D eigenvalue weighted by Gasteiger charge is 2.21. The van der Waals surface area contributed by atoms with Gasteiger partial charge in [0, 0.05) is 18.0 Å². The molecular formula is C15H28N4. The van der Waals surface area contributed by atoms with E-state index < -0.39 is 0 Å². The van der Waals surface area contributed by atoms with Crippen LogP contribution in [0.1, 0.15) is 54.3 Å². The van der Waals surface area contributed by atoms with Crippen LogP contribution in [-0.4, -0.2) is 16.5 Å². The van der Waals surface area contributed by atoms with E-state index in [1.165, 1.54) is 0 Å². The van der Waals surface area contributed by atoms with E-state index in [0.717, 1.165) is 18.2 Å². The average Bonchev–Trinajstić information content (AvgIpc) is 2.22. The van der Waals surface area contributed by atoms with Crippen LogP contribution in [0.4, 0.5) is 11.6 Å². The number of nitrogens with two attached hydrogens (primary N) is 1. The zero-order valence-corrected chi connectivity index (χ0v) is 13.3. The molecule has 0 aliphatic rings. The monoisotopic (exact) mass is 264 g/mol. The van der Waals surface area contributed by atoms with Crippen molar-refractivity contribution in [1.82, 2.24) is 9.97 Å². The molecule has 0 spiro atoms. The molecule has 1 rings (SSSR count). The maximum atomic E-state index is 5.86. The smallest absolute Gasteiger partial charge is 0.138 e. The molecule has 0 radical (unpaired) electrons.